The summed E-state index contributed by atoms with van der Waals surface area (Å²) in [6.07, 6.45) is 1.70. The van der Waals surface area contributed by atoms with E-state index in [1.807, 2.05) is 12.1 Å². The first-order valence-electron chi connectivity index (χ1n) is 5.88. The molecule has 0 spiro atoms. The van der Waals surface area contributed by atoms with Gasteiger partial charge in [-0.05, 0) is 36.0 Å². The lowest BCUT2D eigenvalue weighted by molar-refractivity contribution is 0.253. The van der Waals surface area contributed by atoms with E-state index in [9.17, 15) is 0 Å². The number of ether oxygens (including phenoxy) is 1. The van der Waals surface area contributed by atoms with Crippen LogP contribution in [0.3, 0.4) is 0 Å². The van der Waals surface area contributed by atoms with Crippen molar-refractivity contribution in [3.8, 4) is 5.75 Å². The summed E-state index contributed by atoms with van der Waals surface area (Å²) in [5, 5.41) is 8.66. The van der Waals surface area contributed by atoms with E-state index < -0.39 is 0 Å². The van der Waals surface area contributed by atoms with Gasteiger partial charge in [-0.3, -0.25) is 0 Å². The predicted octanol–water partition coefficient (Wildman–Crippen LogP) is 3.14. The molecular formula is C14H22O2. The van der Waals surface area contributed by atoms with Gasteiger partial charge in [-0.2, -0.15) is 0 Å². The molecule has 0 aliphatic heterocycles. The minimum absolute atomic E-state index is 0.157. The zero-order valence-corrected chi connectivity index (χ0v) is 10.5. The van der Waals surface area contributed by atoms with Gasteiger partial charge in [0.05, 0.1) is 6.61 Å². The largest absolute Gasteiger partial charge is 0.494 e. The number of benzene rings is 1. The molecule has 0 unspecified atom stereocenters. The number of hydrogen-bond acceptors (Lipinski definition) is 2. The molecule has 0 fully saturated rings. The van der Waals surface area contributed by atoms with Gasteiger partial charge in [0, 0.05) is 6.61 Å². The highest BCUT2D eigenvalue weighted by molar-refractivity contribution is 5.32. The summed E-state index contributed by atoms with van der Waals surface area (Å²) in [5.41, 5.74) is 1.44. The second-order valence-corrected chi connectivity index (χ2v) is 5.06. The fourth-order valence-corrected chi connectivity index (χ4v) is 1.46. The molecule has 90 valence electrons. The smallest absolute Gasteiger partial charge is 0.119 e. The van der Waals surface area contributed by atoms with Gasteiger partial charge < -0.3 is 9.84 Å². The Morgan fingerprint density at radius 1 is 1.19 bits per heavy atom. The van der Waals surface area contributed by atoms with Crippen molar-refractivity contribution >= 4 is 0 Å². The lowest BCUT2D eigenvalue weighted by atomic mass is 9.87. The number of aliphatic hydroxyl groups excluding tert-OH is 1. The van der Waals surface area contributed by atoms with Crippen LogP contribution < -0.4 is 4.74 Å². The zero-order valence-electron chi connectivity index (χ0n) is 10.5. The van der Waals surface area contributed by atoms with Gasteiger partial charge >= 0.3 is 0 Å². The molecule has 0 heterocycles. The fourth-order valence-electron chi connectivity index (χ4n) is 1.46. The van der Waals surface area contributed by atoms with E-state index in [1.165, 1.54) is 5.56 Å². The molecule has 1 N–H and O–H groups in total. The minimum Gasteiger partial charge on any atom is -0.494 e. The molecule has 0 atom stereocenters. The fraction of sp³-hybridized carbons (Fsp3) is 0.571. The van der Waals surface area contributed by atoms with Crippen LogP contribution >= 0.6 is 0 Å². The van der Waals surface area contributed by atoms with Crippen LogP contribution in [0.4, 0.5) is 0 Å². The molecule has 2 nitrogen and oxygen atoms in total. The maximum atomic E-state index is 8.66. The lowest BCUT2D eigenvalue weighted by Gasteiger charge is -2.19. The number of hydrogen-bond donors (Lipinski definition) is 1. The Bertz CT molecular complexity index is 313. The Morgan fingerprint density at radius 3 is 2.56 bits per heavy atom. The standard InChI is InChI=1S/C14H22O2/c1-14(2,3)12-7-6-8-13(11-12)16-10-5-4-9-15/h6-8,11,15H,4-5,9-10H2,1-3H3. The van der Waals surface area contributed by atoms with Crippen LogP contribution in [0.1, 0.15) is 39.2 Å². The van der Waals surface area contributed by atoms with Crippen LogP contribution in [0.2, 0.25) is 0 Å². The van der Waals surface area contributed by atoms with Crippen LogP contribution in [0, 0.1) is 0 Å². The Morgan fingerprint density at radius 2 is 1.94 bits per heavy atom. The third-order valence-electron chi connectivity index (χ3n) is 2.52. The summed E-state index contributed by atoms with van der Waals surface area (Å²) in [6.45, 7) is 7.49. The molecule has 0 aliphatic rings. The third-order valence-corrected chi connectivity index (χ3v) is 2.52. The van der Waals surface area contributed by atoms with Crippen molar-refractivity contribution < 1.29 is 9.84 Å². The van der Waals surface area contributed by atoms with Crippen molar-refractivity contribution in [2.75, 3.05) is 13.2 Å². The average molecular weight is 222 g/mol. The average Bonchev–Trinajstić information content (AvgIpc) is 2.24. The quantitative estimate of drug-likeness (QED) is 0.776. The minimum atomic E-state index is 0.157. The van der Waals surface area contributed by atoms with Gasteiger partial charge in [0.2, 0.25) is 0 Å². The van der Waals surface area contributed by atoms with Crippen molar-refractivity contribution in [3.05, 3.63) is 29.8 Å². The summed E-state index contributed by atoms with van der Waals surface area (Å²) in [7, 11) is 0. The van der Waals surface area contributed by atoms with Crippen LogP contribution in [0.5, 0.6) is 5.75 Å². The highest BCUT2D eigenvalue weighted by atomic mass is 16.5. The van der Waals surface area contributed by atoms with E-state index >= 15 is 0 Å². The van der Waals surface area contributed by atoms with Crippen molar-refractivity contribution in [1.82, 2.24) is 0 Å². The first kappa shape index (κ1) is 13.0. The van der Waals surface area contributed by atoms with E-state index in [0.717, 1.165) is 18.6 Å². The van der Waals surface area contributed by atoms with Gasteiger partial charge in [-0.25, -0.2) is 0 Å². The Hall–Kier alpha value is -1.02. The molecule has 1 aromatic carbocycles. The molecule has 0 amide bonds. The molecule has 0 bridgehead atoms. The number of rotatable bonds is 5. The van der Waals surface area contributed by atoms with E-state index in [0.29, 0.717) is 6.61 Å². The highest BCUT2D eigenvalue weighted by Gasteiger charge is 2.13. The molecular weight excluding hydrogens is 200 g/mol. The van der Waals surface area contributed by atoms with Crippen molar-refractivity contribution in [2.45, 2.75) is 39.0 Å². The van der Waals surface area contributed by atoms with Crippen LogP contribution in [-0.4, -0.2) is 18.3 Å². The van der Waals surface area contributed by atoms with Gasteiger partial charge in [0.25, 0.3) is 0 Å². The maximum absolute atomic E-state index is 8.66. The van der Waals surface area contributed by atoms with Crippen molar-refractivity contribution in [1.29, 1.82) is 0 Å². The van der Waals surface area contributed by atoms with E-state index in [2.05, 4.69) is 32.9 Å². The van der Waals surface area contributed by atoms with E-state index in [-0.39, 0.29) is 12.0 Å². The van der Waals surface area contributed by atoms with E-state index in [4.69, 9.17) is 9.84 Å². The van der Waals surface area contributed by atoms with Gasteiger partial charge in [0.1, 0.15) is 5.75 Å². The summed E-state index contributed by atoms with van der Waals surface area (Å²) in [6, 6.07) is 8.23. The van der Waals surface area contributed by atoms with Crippen LogP contribution in [-0.2, 0) is 5.41 Å². The Kier molecular flexibility index (Phi) is 4.81. The topological polar surface area (TPSA) is 29.5 Å². The first-order valence-corrected chi connectivity index (χ1v) is 5.88. The SMILES string of the molecule is CC(C)(C)c1cccc(OCCCCO)c1. The van der Waals surface area contributed by atoms with Crippen molar-refractivity contribution in [2.24, 2.45) is 0 Å². The summed E-state index contributed by atoms with van der Waals surface area (Å²) in [5.74, 6) is 0.922. The lowest BCUT2D eigenvalue weighted by Crippen LogP contribution is -2.11. The van der Waals surface area contributed by atoms with Gasteiger partial charge in [0.15, 0.2) is 0 Å². The number of unbranched alkanes of at least 4 members (excludes halogenated alkanes) is 1. The molecule has 0 radical (unpaired) electrons. The second kappa shape index (κ2) is 5.90. The molecule has 1 aromatic rings. The van der Waals surface area contributed by atoms with E-state index in [1.54, 1.807) is 0 Å². The summed E-state index contributed by atoms with van der Waals surface area (Å²) < 4.78 is 5.63. The number of aliphatic hydroxyl groups is 1. The molecule has 1 rings (SSSR count). The van der Waals surface area contributed by atoms with Crippen LogP contribution in [0.15, 0.2) is 24.3 Å². The molecule has 0 aliphatic carbocycles. The normalized spacial score (nSPS) is 11.5. The summed E-state index contributed by atoms with van der Waals surface area (Å²) in [4.78, 5) is 0. The molecule has 0 saturated heterocycles. The van der Waals surface area contributed by atoms with Crippen molar-refractivity contribution in [3.63, 3.8) is 0 Å². The Labute approximate surface area is 98.3 Å². The zero-order chi connectivity index (χ0) is 12.0. The molecule has 2 heteroatoms. The third kappa shape index (κ3) is 4.23. The molecule has 0 saturated carbocycles. The molecule has 16 heavy (non-hydrogen) atoms. The predicted molar refractivity (Wildman–Crippen MR) is 67.0 cm³/mol. The first-order chi connectivity index (χ1) is 7.54. The van der Waals surface area contributed by atoms with Gasteiger partial charge in [-0.1, -0.05) is 32.9 Å². The van der Waals surface area contributed by atoms with Crippen LogP contribution in [0.25, 0.3) is 0 Å². The molecule has 0 aromatic heterocycles. The second-order valence-electron chi connectivity index (χ2n) is 5.06. The van der Waals surface area contributed by atoms with Gasteiger partial charge in [-0.15, -0.1) is 0 Å². The highest BCUT2D eigenvalue weighted by Crippen LogP contribution is 2.25. The Balaban J connectivity index is 2.54. The maximum Gasteiger partial charge on any atom is 0.119 e. The summed E-state index contributed by atoms with van der Waals surface area (Å²) >= 11 is 0. The monoisotopic (exact) mass is 222 g/mol.